The number of allylic oxidation sites excluding steroid dienone is 1. The van der Waals surface area contributed by atoms with Crippen molar-refractivity contribution in [3.63, 3.8) is 0 Å². The van der Waals surface area contributed by atoms with Crippen molar-refractivity contribution >= 4 is 11.6 Å². The van der Waals surface area contributed by atoms with Gasteiger partial charge in [0.1, 0.15) is 0 Å². The van der Waals surface area contributed by atoms with E-state index in [1.165, 1.54) is 18.4 Å². The molecule has 1 aromatic rings. The molecule has 102 valence electrons. The third kappa shape index (κ3) is 3.50. The molecular weight excluding hydrogens is 240 g/mol. The molecule has 0 saturated heterocycles. The van der Waals surface area contributed by atoms with Gasteiger partial charge < -0.3 is 16.2 Å². The molecule has 4 N–H and O–H groups in total. The van der Waals surface area contributed by atoms with Gasteiger partial charge in [0.25, 0.3) is 5.91 Å². The quantitative estimate of drug-likeness (QED) is 0.442. The fraction of sp³-hybridized carbons (Fsp3) is 0.400. The number of nitrogens with two attached hydrogens (primary N) is 1. The van der Waals surface area contributed by atoms with E-state index in [2.05, 4.69) is 11.4 Å². The molecule has 1 aliphatic rings. The standard InChI is InChI=1S/C15H20N2O2/c16-13-8-4-7-12(14(13)18)15(19)17-10-9-11-5-2-1-3-6-11/h4-5,7-8,18H,1-3,6,9-10,16H2,(H,17,19). The van der Waals surface area contributed by atoms with Gasteiger partial charge in [-0.05, 0) is 44.2 Å². The zero-order chi connectivity index (χ0) is 13.7. The monoisotopic (exact) mass is 260 g/mol. The molecule has 0 bridgehead atoms. The van der Waals surface area contributed by atoms with Crippen LogP contribution in [0, 0.1) is 0 Å². The Morgan fingerprint density at radius 1 is 1.37 bits per heavy atom. The van der Waals surface area contributed by atoms with Crippen LogP contribution in [0.4, 0.5) is 5.69 Å². The Kier molecular flexibility index (Phi) is 4.44. The number of benzene rings is 1. The normalized spacial score (nSPS) is 14.8. The first-order valence-electron chi connectivity index (χ1n) is 6.72. The van der Waals surface area contributed by atoms with Crippen molar-refractivity contribution in [3.8, 4) is 5.75 Å². The van der Waals surface area contributed by atoms with Crippen LogP contribution in [0.15, 0.2) is 29.8 Å². The summed E-state index contributed by atoms with van der Waals surface area (Å²) in [6, 6.07) is 4.80. The Morgan fingerprint density at radius 3 is 2.95 bits per heavy atom. The predicted molar refractivity (Wildman–Crippen MR) is 76.0 cm³/mol. The lowest BCUT2D eigenvalue weighted by molar-refractivity contribution is 0.0951. The highest BCUT2D eigenvalue weighted by Gasteiger charge is 2.12. The SMILES string of the molecule is Nc1cccc(C(=O)NCCC2=CCCCC2)c1O. The van der Waals surface area contributed by atoms with Crippen LogP contribution in [0.25, 0.3) is 0 Å². The molecule has 1 amide bonds. The van der Waals surface area contributed by atoms with E-state index in [1.54, 1.807) is 18.2 Å². The van der Waals surface area contributed by atoms with Gasteiger partial charge in [-0.25, -0.2) is 0 Å². The van der Waals surface area contributed by atoms with Crippen LogP contribution in [0.3, 0.4) is 0 Å². The van der Waals surface area contributed by atoms with E-state index in [1.807, 2.05) is 0 Å². The Balaban J connectivity index is 1.87. The molecule has 0 aromatic heterocycles. The summed E-state index contributed by atoms with van der Waals surface area (Å²) in [5, 5.41) is 12.5. The first-order valence-corrected chi connectivity index (χ1v) is 6.72. The first kappa shape index (κ1) is 13.5. The molecule has 1 aliphatic carbocycles. The summed E-state index contributed by atoms with van der Waals surface area (Å²) in [4.78, 5) is 11.9. The molecule has 4 heteroatoms. The molecule has 0 spiro atoms. The number of anilines is 1. The first-order chi connectivity index (χ1) is 9.18. The molecule has 0 aliphatic heterocycles. The van der Waals surface area contributed by atoms with E-state index in [0.717, 1.165) is 19.3 Å². The second-order valence-electron chi connectivity index (χ2n) is 4.86. The average molecular weight is 260 g/mol. The summed E-state index contributed by atoms with van der Waals surface area (Å²) in [7, 11) is 0. The summed E-state index contributed by atoms with van der Waals surface area (Å²) >= 11 is 0. The molecule has 0 saturated carbocycles. The average Bonchev–Trinajstić information content (AvgIpc) is 2.43. The van der Waals surface area contributed by atoms with Gasteiger partial charge in [-0.1, -0.05) is 17.7 Å². The molecule has 2 rings (SSSR count). The van der Waals surface area contributed by atoms with Crippen molar-refractivity contribution in [2.75, 3.05) is 12.3 Å². The van der Waals surface area contributed by atoms with Gasteiger partial charge in [0.2, 0.25) is 0 Å². The van der Waals surface area contributed by atoms with Gasteiger partial charge in [0.05, 0.1) is 11.3 Å². The Labute approximate surface area is 113 Å². The van der Waals surface area contributed by atoms with Gasteiger partial charge in [-0.2, -0.15) is 0 Å². The molecule has 19 heavy (non-hydrogen) atoms. The maximum absolute atomic E-state index is 11.9. The van der Waals surface area contributed by atoms with Crippen LogP contribution in [-0.2, 0) is 0 Å². The van der Waals surface area contributed by atoms with Crippen molar-refractivity contribution in [3.05, 3.63) is 35.4 Å². The van der Waals surface area contributed by atoms with E-state index in [-0.39, 0.29) is 22.9 Å². The number of rotatable bonds is 4. The fourth-order valence-corrected chi connectivity index (χ4v) is 2.31. The van der Waals surface area contributed by atoms with Crippen LogP contribution in [0.5, 0.6) is 5.75 Å². The van der Waals surface area contributed by atoms with Crippen molar-refractivity contribution < 1.29 is 9.90 Å². The van der Waals surface area contributed by atoms with Gasteiger partial charge in [0, 0.05) is 6.54 Å². The largest absolute Gasteiger partial charge is 0.505 e. The lowest BCUT2D eigenvalue weighted by atomic mass is 9.97. The number of phenols is 1. The summed E-state index contributed by atoms with van der Waals surface area (Å²) in [6.07, 6.45) is 7.96. The number of nitrogen functional groups attached to an aromatic ring is 1. The topological polar surface area (TPSA) is 75.4 Å². The van der Waals surface area contributed by atoms with E-state index >= 15 is 0 Å². The number of nitrogens with one attached hydrogen (secondary N) is 1. The van der Waals surface area contributed by atoms with Crippen LogP contribution in [0.2, 0.25) is 0 Å². The van der Waals surface area contributed by atoms with Gasteiger partial charge in [-0.3, -0.25) is 4.79 Å². The number of carbonyl (C=O) groups is 1. The Hall–Kier alpha value is -1.97. The van der Waals surface area contributed by atoms with E-state index in [0.29, 0.717) is 6.54 Å². The highest BCUT2D eigenvalue weighted by molar-refractivity contribution is 5.98. The third-order valence-electron chi connectivity index (χ3n) is 3.43. The van der Waals surface area contributed by atoms with Crippen LogP contribution in [-0.4, -0.2) is 17.6 Å². The summed E-state index contributed by atoms with van der Waals surface area (Å²) in [5.74, 6) is -0.418. The molecule has 4 nitrogen and oxygen atoms in total. The summed E-state index contributed by atoms with van der Waals surface area (Å²) in [5.41, 5.74) is 7.44. The van der Waals surface area contributed by atoms with Crippen molar-refractivity contribution in [1.82, 2.24) is 5.32 Å². The van der Waals surface area contributed by atoms with E-state index in [9.17, 15) is 9.90 Å². The summed E-state index contributed by atoms with van der Waals surface area (Å²) in [6.45, 7) is 0.596. The number of hydrogen-bond donors (Lipinski definition) is 3. The molecule has 0 radical (unpaired) electrons. The minimum absolute atomic E-state index is 0.142. The van der Waals surface area contributed by atoms with Gasteiger partial charge >= 0.3 is 0 Å². The highest BCUT2D eigenvalue weighted by Crippen LogP contribution is 2.24. The second-order valence-corrected chi connectivity index (χ2v) is 4.86. The Bertz CT molecular complexity index is 495. The van der Waals surface area contributed by atoms with Gasteiger partial charge in [0.15, 0.2) is 5.75 Å². The summed E-state index contributed by atoms with van der Waals surface area (Å²) < 4.78 is 0. The number of carbonyl (C=O) groups excluding carboxylic acids is 1. The zero-order valence-electron chi connectivity index (χ0n) is 11.0. The number of phenolic OH excluding ortho intramolecular Hbond substituents is 1. The Morgan fingerprint density at radius 2 is 2.21 bits per heavy atom. The van der Waals surface area contributed by atoms with Crippen LogP contribution in [0.1, 0.15) is 42.5 Å². The third-order valence-corrected chi connectivity index (χ3v) is 3.43. The molecule has 0 unspecified atom stereocenters. The second kappa shape index (κ2) is 6.27. The van der Waals surface area contributed by atoms with Gasteiger partial charge in [-0.15, -0.1) is 0 Å². The maximum Gasteiger partial charge on any atom is 0.255 e. The molecule has 0 atom stereocenters. The number of amides is 1. The van der Waals surface area contributed by atoms with E-state index in [4.69, 9.17) is 5.73 Å². The van der Waals surface area contributed by atoms with Crippen molar-refractivity contribution in [2.45, 2.75) is 32.1 Å². The molecule has 0 fully saturated rings. The smallest absolute Gasteiger partial charge is 0.255 e. The maximum atomic E-state index is 11.9. The molecular formula is C15H20N2O2. The number of para-hydroxylation sites is 1. The lowest BCUT2D eigenvalue weighted by Gasteiger charge is -2.13. The minimum Gasteiger partial charge on any atom is -0.505 e. The fourth-order valence-electron chi connectivity index (χ4n) is 2.31. The number of aromatic hydroxyl groups is 1. The minimum atomic E-state index is -0.277. The molecule has 0 heterocycles. The highest BCUT2D eigenvalue weighted by atomic mass is 16.3. The predicted octanol–water partition coefficient (Wildman–Crippen LogP) is 2.59. The van der Waals surface area contributed by atoms with Crippen molar-refractivity contribution in [1.29, 1.82) is 0 Å². The number of hydrogen-bond acceptors (Lipinski definition) is 3. The van der Waals surface area contributed by atoms with Crippen molar-refractivity contribution in [2.24, 2.45) is 0 Å². The van der Waals surface area contributed by atoms with Crippen LogP contribution >= 0.6 is 0 Å². The zero-order valence-corrected chi connectivity index (χ0v) is 11.0. The molecule has 1 aromatic carbocycles. The van der Waals surface area contributed by atoms with E-state index < -0.39 is 0 Å². The van der Waals surface area contributed by atoms with Crippen LogP contribution < -0.4 is 11.1 Å². The lowest BCUT2D eigenvalue weighted by Crippen LogP contribution is -2.25.